The molecule has 4 aromatic rings. The predicted molar refractivity (Wildman–Crippen MR) is 128 cm³/mol. The van der Waals surface area contributed by atoms with Gasteiger partial charge in [0.15, 0.2) is 5.78 Å². The molecule has 33 heavy (non-hydrogen) atoms. The van der Waals surface area contributed by atoms with E-state index in [9.17, 15) is 9.59 Å². The molecule has 4 rings (SSSR count). The number of benzene rings is 1. The van der Waals surface area contributed by atoms with Crippen LogP contribution < -0.4 is 16.0 Å². The van der Waals surface area contributed by atoms with Gasteiger partial charge in [-0.25, -0.2) is 0 Å². The third kappa shape index (κ3) is 4.82. The second-order valence-electron chi connectivity index (χ2n) is 7.74. The summed E-state index contributed by atoms with van der Waals surface area (Å²) in [6, 6.07) is 16.2. The van der Waals surface area contributed by atoms with Crippen LogP contribution in [0.2, 0.25) is 0 Å². The summed E-state index contributed by atoms with van der Waals surface area (Å²) in [5.74, 6) is 0.305. The number of nitrogens with zero attached hydrogens (tertiary/aromatic N) is 3. The first-order valence-corrected chi connectivity index (χ1v) is 10.5. The molecule has 7 nitrogen and oxygen atoms in total. The molecule has 0 saturated heterocycles. The number of hydrogen-bond acceptors (Lipinski definition) is 6. The lowest BCUT2D eigenvalue weighted by atomic mass is 9.97. The van der Waals surface area contributed by atoms with Crippen LogP contribution in [0.25, 0.3) is 16.5 Å². The van der Waals surface area contributed by atoms with Gasteiger partial charge in [-0.15, -0.1) is 0 Å². The Labute approximate surface area is 191 Å². The van der Waals surface area contributed by atoms with Crippen LogP contribution in [0, 0.1) is 0 Å². The average Bonchev–Trinajstić information content (AvgIpc) is 2.81. The summed E-state index contributed by atoms with van der Waals surface area (Å²) in [5, 5.41) is 0.789. The highest BCUT2D eigenvalue weighted by atomic mass is 16.5. The highest BCUT2D eigenvalue weighted by Gasteiger charge is 2.18. The number of ketones is 1. The van der Waals surface area contributed by atoms with E-state index in [2.05, 4.69) is 9.97 Å². The van der Waals surface area contributed by atoms with Gasteiger partial charge in [0.2, 0.25) is 0 Å². The molecule has 3 heterocycles. The van der Waals surface area contributed by atoms with Gasteiger partial charge in [-0.1, -0.05) is 6.07 Å². The van der Waals surface area contributed by atoms with E-state index in [-0.39, 0.29) is 17.9 Å². The Morgan fingerprint density at radius 3 is 2.48 bits per heavy atom. The topological polar surface area (TPSA) is 100 Å². The number of carbonyl (C=O) groups is 1. The second-order valence-corrected chi connectivity index (χ2v) is 7.74. The molecule has 0 aliphatic carbocycles. The van der Waals surface area contributed by atoms with Crippen molar-refractivity contribution in [2.75, 3.05) is 0 Å². The van der Waals surface area contributed by atoms with Gasteiger partial charge in [0.25, 0.3) is 5.56 Å². The van der Waals surface area contributed by atoms with Crippen molar-refractivity contribution in [3.63, 3.8) is 0 Å². The van der Waals surface area contributed by atoms with Gasteiger partial charge < -0.3 is 15.0 Å². The molecule has 2 N–H and O–H groups in total. The lowest BCUT2D eigenvalue weighted by Crippen LogP contribution is -2.20. The van der Waals surface area contributed by atoms with Crippen molar-refractivity contribution in [1.29, 1.82) is 0 Å². The molecular formula is C26H24N4O3. The molecule has 0 atom stereocenters. The Morgan fingerprint density at radius 2 is 1.82 bits per heavy atom. The van der Waals surface area contributed by atoms with Crippen LogP contribution in [0.5, 0.6) is 5.75 Å². The third-order valence-corrected chi connectivity index (χ3v) is 5.30. The summed E-state index contributed by atoms with van der Waals surface area (Å²) in [4.78, 5) is 33.6. The average molecular weight is 441 g/mol. The number of hydrogen-bond donors (Lipinski definition) is 1. The smallest absolute Gasteiger partial charge is 0.251 e. The molecule has 0 bridgehead atoms. The minimum Gasteiger partial charge on any atom is -0.488 e. The number of fused-ring (bicyclic) bond motifs is 1. The van der Waals surface area contributed by atoms with E-state index in [4.69, 9.17) is 10.5 Å². The first kappa shape index (κ1) is 22.0. The fourth-order valence-corrected chi connectivity index (χ4v) is 3.77. The zero-order valence-electron chi connectivity index (χ0n) is 18.5. The van der Waals surface area contributed by atoms with Crippen LogP contribution >= 0.6 is 0 Å². The van der Waals surface area contributed by atoms with Crippen molar-refractivity contribution >= 4 is 22.3 Å². The maximum Gasteiger partial charge on any atom is 0.251 e. The number of rotatable bonds is 7. The fraction of sp³-hybridized carbons (Fsp3) is 0.154. The van der Waals surface area contributed by atoms with E-state index in [0.29, 0.717) is 34.6 Å². The molecule has 0 unspecified atom stereocenters. The van der Waals surface area contributed by atoms with Crippen molar-refractivity contribution < 1.29 is 9.53 Å². The standard InChI is InChI=1S/C26H24N4O3/c1-17(27)26(18(2)31)22-13-20-6-7-25(32)30(15-21-5-3-4-10-29-21)23(20)14-24(22)33-16-19-8-11-28-12-9-19/h3-14H,15-16,27H2,1-2H3. The monoisotopic (exact) mass is 440 g/mol. The van der Waals surface area contributed by atoms with Crippen molar-refractivity contribution in [3.05, 3.63) is 106 Å². The van der Waals surface area contributed by atoms with Gasteiger partial charge in [-0.3, -0.25) is 19.6 Å². The number of pyridine rings is 3. The van der Waals surface area contributed by atoms with Gasteiger partial charge in [0.05, 0.1) is 17.8 Å². The molecular weight excluding hydrogens is 416 g/mol. The first-order chi connectivity index (χ1) is 15.9. The highest BCUT2D eigenvalue weighted by molar-refractivity contribution is 6.21. The Balaban J connectivity index is 1.89. The predicted octanol–water partition coefficient (Wildman–Crippen LogP) is 3.70. The number of carbonyl (C=O) groups excluding carboxylic acids is 1. The molecule has 0 aliphatic heterocycles. The summed E-state index contributed by atoms with van der Waals surface area (Å²) < 4.78 is 7.80. The molecule has 7 heteroatoms. The van der Waals surface area contributed by atoms with Crippen LogP contribution in [-0.4, -0.2) is 20.3 Å². The van der Waals surface area contributed by atoms with E-state index in [1.54, 1.807) is 42.2 Å². The molecule has 0 aliphatic rings. The van der Waals surface area contributed by atoms with Crippen molar-refractivity contribution in [3.8, 4) is 5.75 Å². The van der Waals surface area contributed by atoms with Crippen LogP contribution in [0.4, 0.5) is 0 Å². The molecule has 166 valence electrons. The maximum absolute atomic E-state index is 12.8. The van der Waals surface area contributed by atoms with Crippen LogP contribution in [-0.2, 0) is 17.9 Å². The molecule has 0 spiro atoms. The molecule has 1 aromatic carbocycles. The van der Waals surface area contributed by atoms with Crippen LogP contribution in [0.1, 0.15) is 30.7 Å². The number of nitrogens with two attached hydrogens (primary N) is 1. The zero-order valence-corrected chi connectivity index (χ0v) is 18.5. The second kappa shape index (κ2) is 9.48. The van der Waals surface area contributed by atoms with E-state index in [0.717, 1.165) is 16.6 Å². The van der Waals surface area contributed by atoms with Gasteiger partial charge >= 0.3 is 0 Å². The number of allylic oxidation sites excluding steroid dienone is 2. The molecule has 3 aromatic heterocycles. The van der Waals surface area contributed by atoms with Crippen molar-refractivity contribution in [2.24, 2.45) is 5.73 Å². The van der Waals surface area contributed by atoms with E-state index in [1.165, 1.54) is 13.0 Å². The van der Waals surface area contributed by atoms with E-state index in [1.807, 2.05) is 36.4 Å². The summed E-state index contributed by atoms with van der Waals surface area (Å²) in [6.45, 7) is 3.75. The normalized spacial score (nSPS) is 11.8. The summed E-state index contributed by atoms with van der Waals surface area (Å²) in [5.41, 5.74) is 9.67. The van der Waals surface area contributed by atoms with Crippen LogP contribution in [0.3, 0.4) is 0 Å². The van der Waals surface area contributed by atoms with Crippen molar-refractivity contribution in [2.45, 2.75) is 27.0 Å². The maximum atomic E-state index is 12.8. The third-order valence-electron chi connectivity index (χ3n) is 5.30. The molecule has 0 radical (unpaired) electrons. The summed E-state index contributed by atoms with van der Waals surface area (Å²) in [7, 11) is 0. The quantitative estimate of drug-likeness (QED) is 0.440. The minimum atomic E-state index is -0.162. The summed E-state index contributed by atoms with van der Waals surface area (Å²) >= 11 is 0. The Morgan fingerprint density at radius 1 is 1.03 bits per heavy atom. The first-order valence-electron chi connectivity index (χ1n) is 10.5. The Hall–Kier alpha value is -4.26. The van der Waals surface area contributed by atoms with Crippen LogP contribution in [0.15, 0.2) is 83.7 Å². The number of Topliss-reactive ketones (excluding diaryl/α,β-unsaturated/α-hetero) is 1. The fourth-order valence-electron chi connectivity index (χ4n) is 3.77. The zero-order chi connectivity index (χ0) is 23.4. The molecule has 0 saturated carbocycles. The van der Waals surface area contributed by atoms with Gasteiger partial charge in [-0.2, -0.15) is 0 Å². The lowest BCUT2D eigenvalue weighted by Gasteiger charge is -2.17. The largest absolute Gasteiger partial charge is 0.488 e. The molecule has 0 amide bonds. The van der Waals surface area contributed by atoms with Gasteiger partial charge in [0, 0.05) is 47.6 Å². The number of ether oxygens (including phenoxy) is 1. The number of aromatic nitrogens is 3. The minimum absolute atomic E-state index is 0.154. The lowest BCUT2D eigenvalue weighted by molar-refractivity contribution is -0.111. The van der Waals surface area contributed by atoms with Crippen molar-refractivity contribution in [1.82, 2.24) is 14.5 Å². The van der Waals surface area contributed by atoms with E-state index >= 15 is 0 Å². The highest BCUT2D eigenvalue weighted by Crippen LogP contribution is 2.33. The molecule has 0 fully saturated rings. The Bertz CT molecular complexity index is 1390. The van der Waals surface area contributed by atoms with E-state index < -0.39 is 0 Å². The van der Waals surface area contributed by atoms with Gasteiger partial charge in [-0.05, 0) is 61.2 Å². The van der Waals surface area contributed by atoms with Gasteiger partial charge in [0.1, 0.15) is 12.4 Å². The SMILES string of the molecule is CC(=O)C(=C(C)N)c1cc2ccc(=O)n(Cc3ccccn3)c2cc1OCc1ccncc1. The Kier molecular flexibility index (Phi) is 6.31. The summed E-state index contributed by atoms with van der Waals surface area (Å²) in [6.07, 6.45) is 5.08.